The minimum atomic E-state index is -0.640. The van der Waals surface area contributed by atoms with Crippen LogP contribution in [0.25, 0.3) is 0 Å². The Morgan fingerprint density at radius 1 is 1.18 bits per heavy atom. The zero-order valence-electron chi connectivity index (χ0n) is 17.0. The largest absolute Gasteiger partial charge is 0.491 e. The molecule has 156 valence electrons. The molecule has 0 saturated carbocycles. The maximum atomic E-state index is 10.5. The minimum Gasteiger partial charge on any atom is -0.491 e. The van der Waals surface area contributed by atoms with Gasteiger partial charge in [-0.15, -0.1) is 35.3 Å². The van der Waals surface area contributed by atoms with E-state index < -0.39 is 6.10 Å². The molecule has 3 N–H and O–H groups in total. The summed E-state index contributed by atoms with van der Waals surface area (Å²) in [5, 5.41) is 19.1. The molecule has 1 aromatic carbocycles. The lowest BCUT2D eigenvalue weighted by molar-refractivity contribution is 0.179. The molecule has 2 unspecified atom stereocenters. The van der Waals surface area contributed by atoms with Gasteiger partial charge in [0.2, 0.25) is 0 Å². The fourth-order valence-corrected chi connectivity index (χ4v) is 3.39. The summed E-state index contributed by atoms with van der Waals surface area (Å²) in [7, 11) is 0. The van der Waals surface area contributed by atoms with Gasteiger partial charge in [-0.1, -0.05) is 25.1 Å². The lowest BCUT2D eigenvalue weighted by Gasteiger charge is -2.17. The topological polar surface area (TPSA) is 65.9 Å². The first kappa shape index (κ1) is 24.7. The van der Waals surface area contributed by atoms with Crippen LogP contribution in [0.2, 0.25) is 0 Å². The number of aliphatic hydroxyl groups is 1. The predicted octanol–water partition coefficient (Wildman–Crippen LogP) is 4.55. The van der Waals surface area contributed by atoms with Crippen molar-refractivity contribution in [1.29, 1.82) is 0 Å². The second-order valence-electron chi connectivity index (χ2n) is 6.77. The van der Waals surface area contributed by atoms with Crippen molar-refractivity contribution in [1.82, 2.24) is 10.6 Å². The van der Waals surface area contributed by atoms with Crippen molar-refractivity contribution < 1.29 is 9.84 Å². The van der Waals surface area contributed by atoms with E-state index in [0.29, 0.717) is 19.0 Å². The predicted molar refractivity (Wildman–Crippen MR) is 129 cm³/mol. The van der Waals surface area contributed by atoms with Crippen LogP contribution >= 0.6 is 35.3 Å². The molecule has 1 aromatic heterocycles. The molecule has 0 bridgehead atoms. The van der Waals surface area contributed by atoms with Crippen molar-refractivity contribution in [2.45, 2.75) is 45.8 Å². The van der Waals surface area contributed by atoms with Crippen LogP contribution in [0.15, 0.2) is 46.8 Å². The van der Waals surface area contributed by atoms with Gasteiger partial charge >= 0.3 is 0 Å². The number of aliphatic hydroxyl groups excluding tert-OH is 1. The average Bonchev–Trinajstić information content (AvgIpc) is 3.18. The molecule has 0 spiro atoms. The fourth-order valence-electron chi connectivity index (χ4n) is 2.61. The second-order valence-corrected chi connectivity index (χ2v) is 7.75. The number of rotatable bonds is 9. The Morgan fingerprint density at radius 2 is 1.96 bits per heavy atom. The maximum Gasteiger partial charge on any atom is 0.191 e. The number of guanidine groups is 1. The third kappa shape index (κ3) is 8.36. The average molecular weight is 517 g/mol. The summed E-state index contributed by atoms with van der Waals surface area (Å²) in [5.41, 5.74) is 0.823. The number of aliphatic imine (C=N–C) groups is 1. The number of thiophene rings is 1. The Kier molecular flexibility index (Phi) is 11.5. The lowest BCUT2D eigenvalue weighted by atomic mass is 10.1. The molecule has 0 amide bonds. The number of hydrogen-bond acceptors (Lipinski definition) is 4. The summed E-state index contributed by atoms with van der Waals surface area (Å²) < 4.78 is 5.70. The van der Waals surface area contributed by atoms with E-state index in [4.69, 9.17) is 4.74 Å². The third-order valence-corrected chi connectivity index (χ3v) is 5.08. The molecular formula is C21H32IN3O2S. The highest BCUT2D eigenvalue weighted by molar-refractivity contribution is 14.0. The Labute approximate surface area is 189 Å². The zero-order chi connectivity index (χ0) is 19.6. The molecule has 0 aliphatic rings. The molecule has 7 heteroatoms. The van der Waals surface area contributed by atoms with E-state index in [1.54, 1.807) is 11.3 Å². The van der Waals surface area contributed by atoms with E-state index in [2.05, 4.69) is 40.1 Å². The molecule has 0 radical (unpaired) electrons. The molecule has 1 heterocycles. The molecule has 0 aliphatic carbocycles. The zero-order valence-corrected chi connectivity index (χ0v) is 20.2. The van der Waals surface area contributed by atoms with Gasteiger partial charge in [-0.3, -0.25) is 4.99 Å². The van der Waals surface area contributed by atoms with Crippen LogP contribution in [-0.2, 0) is 0 Å². The summed E-state index contributed by atoms with van der Waals surface area (Å²) in [6, 6.07) is 11.8. The number of halogens is 1. The standard InChI is InChI=1S/C21H31N3O2S.HI/c1-5-22-21(23-13-16(4)20-10-7-11-27-20)24-14-19(25)17-8-6-9-18(12-17)26-15(2)3;/h6-12,15-16,19,25H,5,13-14H2,1-4H3,(H2,22,23,24);1H. The van der Waals surface area contributed by atoms with Gasteiger partial charge in [0.15, 0.2) is 5.96 Å². The van der Waals surface area contributed by atoms with Crippen LogP contribution in [0.3, 0.4) is 0 Å². The fraction of sp³-hybridized carbons (Fsp3) is 0.476. The van der Waals surface area contributed by atoms with Crippen LogP contribution in [0.4, 0.5) is 0 Å². The highest BCUT2D eigenvalue weighted by Crippen LogP contribution is 2.21. The summed E-state index contributed by atoms with van der Waals surface area (Å²) in [6.07, 6.45) is -0.535. The number of benzene rings is 1. The van der Waals surface area contributed by atoms with Crippen LogP contribution < -0.4 is 15.4 Å². The molecule has 2 rings (SSSR count). The third-order valence-electron chi connectivity index (χ3n) is 3.97. The SMILES string of the molecule is CCNC(=NCC(C)c1cccs1)NCC(O)c1cccc(OC(C)C)c1.I. The Hall–Kier alpha value is -1.32. The quantitative estimate of drug-likeness (QED) is 0.260. The van der Waals surface area contributed by atoms with Crippen LogP contribution in [0, 0.1) is 0 Å². The van der Waals surface area contributed by atoms with E-state index in [9.17, 15) is 5.11 Å². The van der Waals surface area contributed by atoms with Gasteiger partial charge in [0.05, 0.1) is 18.8 Å². The van der Waals surface area contributed by atoms with Gasteiger partial charge < -0.3 is 20.5 Å². The summed E-state index contributed by atoms with van der Waals surface area (Å²) >= 11 is 1.76. The number of ether oxygens (including phenoxy) is 1. The molecule has 28 heavy (non-hydrogen) atoms. The van der Waals surface area contributed by atoms with Gasteiger partial charge in [-0.2, -0.15) is 0 Å². The van der Waals surface area contributed by atoms with Gasteiger partial charge in [0, 0.05) is 23.9 Å². The van der Waals surface area contributed by atoms with Crippen molar-refractivity contribution in [2.24, 2.45) is 4.99 Å². The number of nitrogens with zero attached hydrogens (tertiary/aromatic N) is 1. The van der Waals surface area contributed by atoms with Gasteiger partial charge in [-0.05, 0) is 49.9 Å². The molecule has 0 fully saturated rings. The van der Waals surface area contributed by atoms with Gasteiger partial charge in [-0.25, -0.2) is 0 Å². The molecule has 0 saturated heterocycles. The van der Waals surface area contributed by atoms with Crippen LogP contribution in [0.1, 0.15) is 50.2 Å². The Morgan fingerprint density at radius 3 is 2.61 bits per heavy atom. The highest BCUT2D eigenvalue weighted by Gasteiger charge is 2.11. The second kappa shape index (κ2) is 13.0. The lowest BCUT2D eigenvalue weighted by Crippen LogP contribution is -2.39. The van der Waals surface area contributed by atoms with Crippen LogP contribution in [-0.4, -0.2) is 36.8 Å². The molecule has 0 aliphatic heterocycles. The molecule has 5 nitrogen and oxygen atoms in total. The number of hydrogen-bond donors (Lipinski definition) is 3. The smallest absolute Gasteiger partial charge is 0.191 e. The normalized spacial score (nSPS) is 13.6. The first-order chi connectivity index (χ1) is 13.0. The van der Waals surface area contributed by atoms with Gasteiger partial charge in [0.1, 0.15) is 5.75 Å². The highest BCUT2D eigenvalue weighted by atomic mass is 127. The summed E-state index contributed by atoms with van der Waals surface area (Å²) in [4.78, 5) is 5.99. The minimum absolute atomic E-state index is 0. The van der Waals surface area contributed by atoms with Crippen molar-refractivity contribution in [2.75, 3.05) is 19.6 Å². The van der Waals surface area contributed by atoms with Crippen molar-refractivity contribution in [3.05, 3.63) is 52.2 Å². The first-order valence-electron chi connectivity index (χ1n) is 9.49. The maximum absolute atomic E-state index is 10.5. The van der Waals surface area contributed by atoms with Crippen molar-refractivity contribution in [3.63, 3.8) is 0 Å². The summed E-state index contributed by atoms with van der Waals surface area (Å²) in [6.45, 7) is 10.0. The van der Waals surface area contributed by atoms with E-state index >= 15 is 0 Å². The van der Waals surface area contributed by atoms with E-state index in [1.165, 1.54) is 4.88 Å². The van der Waals surface area contributed by atoms with Crippen molar-refractivity contribution in [3.8, 4) is 5.75 Å². The number of nitrogens with one attached hydrogen (secondary N) is 2. The van der Waals surface area contributed by atoms with E-state index in [-0.39, 0.29) is 30.1 Å². The van der Waals surface area contributed by atoms with Crippen LogP contribution in [0.5, 0.6) is 5.75 Å². The monoisotopic (exact) mass is 517 g/mol. The molecule has 2 aromatic rings. The van der Waals surface area contributed by atoms with Crippen molar-refractivity contribution >= 4 is 41.3 Å². The van der Waals surface area contributed by atoms with E-state index in [1.807, 2.05) is 45.0 Å². The molecular weight excluding hydrogens is 485 g/mol. The van der Waals surface area contributed by atoms with Gasteiger partial charge in [0.25, 0.3) is 0 Å². The Balaban J connectivity index is 0.00000392. The first-order valence-corrected chi connectivity index (χ1v) is 10.4. The molecule has 2 atom stereocenters. The summed E-state index contributed by atoms with van der Waals surface area (Å²) in [5.74, 6) is 1.86. The Bertz CT molecular complexity index is 707. The van der Waals surface area contributed by atoms with E-state index in [0.717, 1.165) is 23.8 Å².